The van der Waals surface area contributed by atoms with Gasteiger partial charge in [-0.2, -0.15) is 0 Å². The first-order valence-corrected chi connectivity index (χ1v) is 9.99. The number of amides is 1. The summed E-state index contributed by atoms with van der Waals surface area (Å²) in [7, 11) is -2.12. The number of sulfonamides is 1. The summed E-state index contributed by atoms with van der Waals surface area (Å²) in [6.45, 7) is 0. The summed E-state index contributed by atoms with van der Waals surface area (Å²) in [5.74, 6) is 0.779. The molecule has 0 saturated heterocycles. The lowest BCUT2D eigenvalue weighted by molar-refractivity contribution is 0.0756. The van der Waals surface area contributed by atoms with Crippen LogP contribution in [0.15, 0.2) is 29.2 Å². The fourth-order valence-electron chi connectivity index (χ4n) is 4.16. The van der Waals surface area contributed by atoms with E-state index in [0.717, 1.165) is 25.7 Å². The third kappa shape index (κ3) is 3.48. The van der Waals surface area contributed by atoms with Gasteiger partial charge in [0.25, 0.3) is 5.91 Å². The molecule has 6 nitrogen and oxygen atoms in total. The number of benzene rings is 1. The van der Waals surface area contributed by atoms with Gasteiger partial charge in [0.2, 0.25) is 10.0 Å². The van der Waals surface area contributed by atoms with Crippen molar-refractivity contribution in [2.24, 2.45) is 17.6 Å². The van der Waals surface area contributed by atoms with Crippen LogP contribution in [-0.4, -0.2) is 33.5 Å². The van der Waals surface area contributed by atoms with Crippen LogP contribution in [0.25, 0.3) is 0 Å². The third-order valence-electron chi connectivity index (χ3n) is 5.37. The molecule has 2 unspecified atom stereocenters. The lowest BCUT2D eigenvalue weighted by Crippen LogP contribution is -2.53. The second kappa shape index (κ2) is 6.82. The Morgan fingerprint density at radius 2 is 1.71 bits per heavy atom. The lowest BCUT2D eigenvalue weighted by Gasteiger charge is -2.45. The fraction of sp³-hybridized carbons (Fsp3) is 0.588. The van der Waals surface area contributed by atoms with E-state index in [1.54, 1.807) is 12.1 Å². The molecule has 1 aromatic rings. The van der Waals surface area contributed by atoms with Crippen molar-refractivity contribution in [1.29, 1.82) is 0 Å². The van der Waals surface area contributed by atoms with Crippen LogP contribution in [0.1, 0.15) is 42.5 Å². The summed E-state index contributed by atoms with van der Waals surface area (Å²) in [5.41, 5.74) is 6.61. The van der Waals surface area contributed by atoms with Crippen LogP contribution in [0, 0.1) is 11.8 Å². The van der Waals surface area contributed by atoms with E-state index in [4.69, 9.17) is 5.73 Å². The largest absolute Gasteiger partial charge is 0.349 e. The SMILES string of the molecule is CNS(=O)(=O)c1ccc(C(=O)NC2C3CCCC2CC(N)C3)cc1. The van der Waals surface area contributed by atoms with Crippen LogP contribution in [0.5, 0.6) is 0 Å². The maximum atomic E-state index is 12.5. The third-order valence-corrected chi connectivity index (χ3v) is 6.80. The summed E-state index contributed by atoms with van der Waals surface area (Å²) >= 11 is 0. The average Bonchev–Trinajstić information content (AvgIpc) is 2.55. The molecule has 2 atom stereocenters. The molecule has 0 aromatic heterocycles. The van der Waals surface area contributed by atoms with Crippen molar-refractivity contribution in [2.75, 3.05) is 7.05 Å². The summed E-state index contributed by atoms with van der Waals surface area (Å²) in [6.07, 6.45) is 5.40. The van der Waals surface area contributed by atoms with Gasteiger partial charge in [-0.05, 0) is 68.8 Å². The summed E-state index contributed by atoms with van der Waals surface area (Å²) in [4.78, 5) is 12.7. The highest BCUT2D eigenvalue weighted by Gasteiger charge is 2.39. The van der Waals surface area contributed by atoms with Crippen LogP contribution in [0.3, 0.4) is 0 Å². The number of fused-ring (bicyclic) bond motifs is 2. The Morgan fingerprint density at radius 1 is 1.12 bits per heavy atom. The van der Waals surface area contributed by atoms with E-state index in [0.29, 0.717) is 17.4 Å². The van der Waals surface area contributed by atoms with Gasteiger partial charge in [0.1, 0.15) is 0 Å². The van der Waals surface area contributed by atoms with Crippen LogP contribution in [-0.2, 0) is 10.0 Å². The molecule has 0 radical (unpaired) electrons. The van der Waals surface area contributed by atoms with Crippen molar-refractivity contribution in [3.63, 3.8) is 0 Å². The highest BCUT2D eigenvalue weighted by Crippen LogP contribution is 2.39. The zero-order chi connectivity index (χ0) is 17.3. The molecule has 0 heterocycles. The predicted octanol–water partition coefficient (Wildman–Crippen LogP) is 1.23. The Kier molecular flexibility index (Phi) is 4.94. The number of nitrogens with one attached hydrogen (secondary N) is 2. The Hall–Kier alpha value is -1.44. The molecule has 24 heavy (non-hydrogen) atoms. The van der Waals surface area contributed by atoms with Crippen molar-refractivity contribution in [3.8, 4) is 0 Å². The van der Waals surface area contributed by atoms with Gasteiger partial charge < -0.3 is 11.1 Å². The first-order valence-electron chi connectivity index (χ1n) is 8.51. The first-order chi connectivity index (χ1) is 11.4. The summed E-state index contributed by atoms with van der Waals surface area (Å²) in [6, 6.07) is 6.47. The van der Waals surface area contributed by atoms with Gasteiger partial charge in [-0.1, -0.05) is 6.42 Å². The maximum absolute atomic E-state index is 12.5. The van der Waals surface area contributed by atoms with Crippen LogP contribution in [0.4, 0.5) is 0 Å². The van der Waals surface area contributed by atoms with Gasteiger partial charge in [0.15, 0.2) is 0 Å². The fourth-order valence-corrected chi connectivity index (χ4v) is 4.89. The van der Waals surface area contributed by atoms with E-state index < -0.39 is 10.0 Å². The molecule has 1 aromatic carbocycles. The molecule has 2 aliphatic rings. The standard InChI is InChI=1S/C17H25N3O3S/c1-19-24(22,23)15-7-5-11(6-8-15)17(21)20-16-12-3-2-4-13(16)10-14(18)9-12/h5-8,12-14,16,19H,2-4,9-10,18H2,1H3,(H,20,21). The number of rotatable bonds is 4. The van der Waals surface area contributed by atoms with Gasteiger partial charge >= 0.3 is 0 Å². The molecule has 7 heteroatoms. The minimum absolute atomic E-state index is 0.138. The molecule has 2 saturated carbocycles. The van der Waals surface area contributed by atoms with Crippen molar-refractivity contribution < 1.29 is 13.2 Å². The molecule has 0 aliphatic heterocycles. The van der Waals surface area contributed by atoms with E-state index in [9.17, 15) is 13.2 Å². The molecule has 2 fully saturated rings. The quantitative estimate of drug-likeness (QED) is 0.759. The Morgan fingerprint density at radius 3 is 2.25 bits per heavy atom. The lowest BCUT2D eigenvalue weighted by atomic mass is 9.67. The van der Waals surface area contributed by atoms with E-state index in [-0.39, 0.29) is 22.9 Å². The molecular formula is C17H25N3O3S. The van der Waals surface area contributed by atoms with Crippen molar-refractivity contribution in [1.82, 2.24) is 10.0 Å². The molecule has 4 N–H and O–H groups in total. The molecule has 2 bridgehead atoms. The normalized spacial score (nSPS) is 29.9. The van der Waals surface area contributed by atoms with Crippen molar-refractivity contribution in [2.45, 2.75) is 49.1 Å². The molecule has 1 amide bonds. The van der Waals surface area contributed by atoms with Crippen molar-refractivity contribution >= 4 is 15.9 Å². The number of carbonyl (C=O) groups excluding carboxylic acids is 1. The van der Waals surface area contributed by atoms with E-state index in [1.165, 1.54) is 25.6 Å². The van der Waals surface area contributed by atoms with Crippen LogP contribution >= 0.6 is 0 Å². The Bertz CT molecular complexity index is 688. The minimum atomic E-state index is -3.48. The highest BCUT2D eigenvalue weighted by atomic mass is 32.2. The molecule has 3 rings (SSSR count). The number of hydrogen-bond acceptors (Lipinski definition) is 4. The monoisotopic (exact) mass is 351 g/mol. The number of hydrogen-bond donors (Lipinski definition) is 3. The first kappa shape index (κ1) is 17.4. The summed E-state index contributed by atoms with van der Waals surface area (Å²) < 4.78 is 25.7. The number of carbonyl (C=O) groups is 1. The van der Waals surface area contributed by atoms with E-state index >= 15 is 0 Å². The van der Waals surface area contributed by atoms with E-state index in [2.05, 4.69) is 10.0 Å². The topological polar surface area (TPSA) is 101 Å². The van der Waals surface area contributed by atoms with Crippen molar-refractivity contribution in [3.05, 3.63) is 29.8 Å². The highest BCUT2D eigenvalue weighted by molar-refractivity contribution is 7.89. The second-order valence-corrected chi connectivity index (χ2v) is 8.80. The van der Waals surface area contributed by atoms with Crippen LogP contribution in [0.2, 0.25) is 0 Å². The minimum Gasteiger partial charge on any atom is -0.349 e. The summed E-state index contributed by atoms with van der Waals surface area (Å²) in [5, 5.41) is 3.17. The second-order valence-electron chi connectivity index (χ2n) is 6.91. The predicted molar refractivity (Wildman–Crippen MR) is 92.0 cm³/mol. The number of nitrogens with two attached hydrogens (primary N) is 1. The smallest absolute Gasteiger partial charge is 0.251 e. The van der Waals surface area contributed by atoms with Gasteiger partial charge in [-0.25, -0.2) is 13.1 Å². The molecule has 0 spiro atoms. The van der Waals surface area contributed by atoms with Gasteiger partial charge in [0.05, 0.1) is 4.90 Å². The molecule has 2 aliphatic carbocycles. The van der Waals surface area contributed by atoms with Gasteiger partial charge in [0, 0.05) is 17.6 Å². The van der Waals surface area contributed by atoms with Gasteiger partial charge in [-0.15, -0.1) is 0 Å². The molecule has 132 valence electrons. The maximum Gasteiger partial charge on any atom is 0.251 e. The van der Waals surface area contributed by atoms with E-state index in [1.807, 2.05) is 0 Å². The molecular weight excluding hydrogens is 326 g/mol. The van der Waals surface area contributed by atoms with Gasteiger partial charge in [-0.3, -0.25) is 4.79 Å². The zero-order valence-corrected chi connectivity index (χ0v) is 14.7. The zero-order valence-electron chi connectivity index (χ0n) is 13.9. The Balaban J connectivity index is 1.71. The van der Waals surface area contributed by atoms with Crippen LogP contribution < -0.4 is 15.8 Å². The Labute approximate surface area is 143 Å². The average molecular weight is 351 g/mol.